The van der Waals surface area contributed by atoms with Crippen LogP contribution in [0.5, 0.6) is 0 Å². The molecule has 0 spiro atoms. The summed E-state index contributed by atoms with van der Waals surface area (Å²) in [6.45, 7) is 4.52. The van der Waals surface area contributed by atoms with E-state index in [0.29, 0.717) is 12.5 Å². The van der Waals surface area contributed by atoms with Gasteiger partial charge in [0, 0.05) is 0 Å². The van der Waals surface area contributed by atoms with Gasteiger partial charge >= 0.3 is 5.97 Å². The first-order valence-electron chi connectivity index (χ1n) is 5.67. The predicted molar refractivity (Wildman–Crippen MR) is 53.9 cm³/mol. The third kappa shape index (κ3) is 1.65. The summed E-state index contributed by atoms with van der Waals surface area (Å²) in [5, 5.41) is 3.38. The molecule has 3 nitrogen and oxygen atoms in total. The van der Waals surface area contributed by atoms with Crippen molar-refractivity contribution in [3.63, 3.8) is 0 Å². The van der Waals surface area contributed by atoms with Crippen LogP contribution in [0.4, 0.5) is 0 Å². The normalized spacial score (nSPS) is 36.5. The van der Waals surface area contributed by atoms with Gasteiger partial charge in [0.05, 0.1) is 12.0 Å². The van der Waals surface area contributed by atoms with Crippen LogP contribution >= 0.6 is 0 Å². The van der Waals surface area contributed by atoms with Gasteiger partial charge in [-0.2, -0.15) is 0 Å². The highest BCUT2D eigenvalue weighted by atomic mass is 16.5. The highest BCUT2D eigenvalue weighted by Gasteiger charge is 2.59. The van der Waals surface area contributed by atoms with E-state index in [1.165, 1.54) is 0 Å². The third-order valence-corrected chi connectivity index (χ3v) is 3.56. The van der Waals surface area contributed by atoms with Crippen LogP contribution in [-0.4, -0.2) is 25.7 Å². The van der Waals surface area contributed by atoms with Crippen LogP contribution in [0.1, 0.15) is 32.6 Å². The molecule has 3 heteroatoms. The molecule has 14 heavy (non-hydrogen) atoms. The van der Waals surface area contributed by atoms with Crippen LogP contribution in [-0.2, 0) is 9.53 Å². The highest BCUT2D eigenvalue weighted by Crippen LogP contribution is 2.58. The first kappa shape index (κ1) is 9.97. The molecule has 80 valence electrons. The van der Waals surface area contributed by atoms with E-state index in [-0.39, 0.29) is 11.4 Å². The van der Waals surface area contributed by atoms with Gasteiger partial charge in [0.15, 0.2) is 0 Å². The number of nitrogens with one attached hydrogen (secondary N) is 1. The van der Waals surface area contributed by atoms with E-state index < -0.39 is 0 Å². The monoisotopic (exact) mass is 197 g/mol. The van der Waals surface area contributed by atoms with Crippen LogP contribution in [0.3, 0.4) is 0 Å². The number of hydrogen-bond acceptors (Lipinski definition) is 3. The molecular weight excluding hydrogens is 178 g/mol. The summed E-state index contributed by atoms with van der Waals surface area (Å²) in [4.78, 5) is 11.8. The Labute approximate surface area is 85.2 Å². The number of esters is 1. The molecule has 0 aromatic carbocycles. The van der Waals surface area contributed by atoms with Crippen LogP contribution in [0.25, 0.3) is 0 Å². The molecule has 2 fully saturated rings. The minimum atomic E-state index is -0.0713. The SMILES string of the molecule is CCOC(=O)C12CCCNCCC1C2. The molecule has 0 radical (unpaired) electrons. The maximum Gasteiger partial charge on any atom is 0.312 e. The summed E-state index contributed by atoms with van der Waals surface area (Å²) >= 11 is 0. The van der Waals surface area contributed by atoms with Gasteiger partial charge in [0.1, 0.15) is 0 Å². The zero-order valence-electron chi connectivity index (χ0n) is 8.84. The lowest BCUT2D eigenvalue weighted by atomic mass is 9.94. The minimum absolute atomic E-state index is 0.0619. The van der Waals surface area contributed by atoms with Crippen molar-refractivity contribution in [3.8, 4) is 0 Å². The molecule has 1 aliphatic carbocycles. The first-order chi connectivity index (χ1) is 6.79. The van der Waals surface area contributed by atoms with Crippen molar-refractivity contribution in [1.82, 2.24) is 5.32 Å². The van der Waals surface area contributed by atoms with Crippen molar-refractivity contribution in [3.05, 3.63) is 0 Å². The molecule has 2 rings (SSSR count). The summed E-state index contributed by atoms with van der Waals surface area (Å²) in [6.07, 6.45) is 4.32. The van der Waals surface area contributed by atoms with Crippen molar-refractivity contribution in [1.29, 1.82) is 0 Å². The van der Waals surface area contributed by atoms with Gasteiger partial charge in [-0.1, -0.05) is 0 Å². The smallest absolute Gasteiger partial charge is 0.312 e. The lowest BCUT2D eigenvalue weighted by Crippen LogP contribution is -2.27. The lowest BCUT2D eigenvalue weighted by molar-refractivity contribution is -0.150. The van der Waals surface area contributed by atoms with Gasteiger partial charge in [-0.15, -0.1) is 0 Å². The molecular formula is C11H19NO2. The van der Waals surface area contributed by atoms with Gasteiger partial charge in [0.25, 0.3) is 0 Å². The summed E-state index contributed by atoms with van der Waals surface area (Å²) in [7, 11) is 0. The van der Waals surface area contributed by atoms with Gasteiger partial charge in [0.2, 0.25) is 0 Å². The largest absolute Gasteiger partial charge is 0.466 e. The maximum absolute atomic E-state index is 11.8. The average molecular weight is 197 g/mol. The van der Waals surface area contributed by atoms with E-state index in [1.54, 1.807) is 0 Å². The number of carbonyl (C=O) groups excluding carboxylic acids is 1. The Bertz CT molecular complexity index is 229. The standard InChI is InChI=1S/C11H19NO2/c1-2-14-10(13)11-5-3-6-12-7-4-9(11)8-11/h9,12H,2-8H2,1H3. The van der Waals surface area contributed by atoms with Crippen molar-refractivity contribution < 1.29 is 9.53 Å². The predicted octanol–water partition coefficient (Wildman–Crippen LogP) is 1.33. The number of fused-ring (bicyclic) bond motifs is 1. The minimum Gasteiger partial charge on any atom is -0.466 e. The second kappa shape index (κ2) is 3.89. The Morgan fingerprint density at radius 1 is 1.57 bits per heavy atom. The fraction of sp³-hybridized carbons (Fsp3) is 0.909. The number of carbonyl (C=O) groups is 1. The highest BCUT2D eigenvalue weighted by molar-refractivity contribution is 5.80. The Morgan fingerprint density at radius 2 is 2.43 bits per heavy atom. The molecule has 2 atom stereocenters. The maximum atomic E-state index is 11.8. The van der Waals surface area contributed by atoms with Crippen LogP contribution in [0, 0.1) is 11.3 Å². The van der Waals surface area contributed by atoms with Gasteiger partial charge < -0.3 is 10.1 Å². The molecule has 0 aromatic rings. The second-order valence-corrected chi connectivity index (χ2v) is 4.42. The lowest BCUT2D eigenvalue weighted by Gasteiger charge is -2.18. The Kier molecular flexibility index (Phi) is 2.77. The Hall–Kier alpha value is -0.570. The molecule has 1 aliphatic heterocycles. The van der Waals surface area contributed by atoms with Crippen molar-refractivity contribution in [2.45, 2.75) is 32.6 Å². The van der Waals surface area contributed by atoms with Crippen molar-refractivity contribution >= 4 is 5.97 Å². The van der Waals surface area contributed by atoms with Crippen molar-refractivity contribution in [2.24, 2.45) is 11.3 Å². The number of hydrogen-bond donors (Lipinski definition) is 1. The fourth-order valence-electron chi connectivity index (χ4n) is 2.62. The quantitative estimate of drug-likeness (QED) is 0.679. The number of ether oxygens (including phenoxy) is 1. The molecule has 1 heterocycles. The Balaban J connectivity index is 1.97. The molecule has 0 bridgehead atoms. The van der Waals surface area contributed by atoms with E-state index in [0.717, 1.165) is 38.8 Å². The van der Waals surface area contributed by atoms with Crippen LogP contribution in [0.2, 0.25) is 0 Å². The first-order valence-corrected chi connectivity index (χ1v) is 5.67. The molecule has 1 N–H and O–H groups in total. The molecule has 0 amide bonds. The third-order valence-electron chi connectivity index (χ3n) is 3.56. The molecule has 2 aliphatic rings. The fourth-order valence-corrected chi connectivity index (χ4v) is 2.62. The average Bonchev–Trinajstić information content (AvgIpc) is 2.80. The van der Waals surface area contributed by atoms with E-state index >= 15 is 0 Å². The van der Waals surface area contributed by atoms with Crippen LogP contribution in [0.15, 0.2) is 0 Å². The zero-order valence-corrected chi connectivity index (χ0v) is 8.84. The topological polar surface area (TPSA) is 38.3 Å². The summed E-state index contributed by atoms with van der Waals surface area (Å²) in [5.41, 5.74) is -0.0713. The van der Waals surface area contributed by atoms with E-state index in [2.05, 4.69) is 5.32 Å². The molecule has 1 saturated carbocycles. The van der Waals surface area contributed by atoms with Gasteiger partial charge in [-0.3, -0.25) is 4.79 Å². The van der Waals surface area contributed by atoms with E-state index in [4.69, 9.17) is 4.74 Å². The van der Waals surface area contributed by atoms with E-state index in [1.807, 2.05) is 6.92 Å². The zero-order chi connectivity index (χ0) is 10.0. The van der Waals surface area contributed by atoms with Crippen LogP contribution < -0.4 is 5.32 Å². The molecule has 1 saturated heterocycles. The van der Waals surface area contributed by atoms with Crippen molar-refractivity contribution in [2.75, 3.05) is 19.7 Å². The number of rotatable bonds is 2. The van der Waals surface area contributed by atoms with E-state index in [9.17, 15) is 4.79 Å². The van der Waals surface area contributed by atoms with Gasteiger partial charge in [-0.25, -0.2) is 0 Å². The summed E-state index contributed by atoms with van der Waals surface area (Å²) in [6, 6.07) is 0. The summed E-state index contributed by atoms with van der Waals surface area (Å²) in [5.74, 6) is 0.654. The second-order valence-electron chi connectivity index (χ2n) is 4.42. The molecule has 0 aromatic heterocycles. The summed E-state index contributed by atoms with van der Waals surface area (Å²) < 4.78 is 5.16. The Morgan fingerprint density at radius 3 is 3.21 bits per heavy atom. The van der Waals surface area contributed by atoms with Gasteiger partial charge in [-0.05, 0) is 51.6 Å². The molecule has 2 unspecified atom stereocenters.